The third kappa shape index (κ3) is 5.56. The first-order valence-corrected chi connectivity index (χ1v) is 12.7. The Morgan fingerprint density at radius 3 is 2.45 bits per heavy atom. The van der Waals surface area contributed by atoms with Gasteiger partial charge in [-0.25, -0.2) is 4.98 Å². The van der Waals surface area contributed by atoms with Crippen LogP contribution in [0.1, 0.15) is 24.2 Å². The number of nitrogens with zero attached hydrogens (tertiary/aromatic N) is 3. The molecule has 1 aliphatic rings. The molecule has 3 aromatic carbocycles. The molecule has 0 saturated carbocycles. The summed E-state index contributed by atoms with van der Waals surface area (Å²) in [5.41, 5.74) is 2.65. The predicted molar refractivity (Wildman–Crippen MR) is 149 cm³/mol. The zero-order valence-electron chi connectivity index (χ0n) is 22.7. The number of fused-ring (bicyclic) bond motifs is 1. The molecule has 0 aliphatic carbocycles. The van der Waals surface area contributed by atoms with Gasteiger partial charge in [0.25, 0.3) is 5.91 Å². The summed E-state index contributed by atoms with van der Waals surface area (Å²) in [5.74, 6) is 2.12. The first kappa shape index (κ1) is 26.6. The van der Waals surface area contributed by atoms with E-state index in [1.165, 1.54) is 4.90 Å². The molecule has 0 fully saturated rings. The lowest BCUT2D eigenvalue weighted by Crippen LogP contribution is -2.42. The molecule has 0 spiro atoms. The van der Waals surface area contributed by atoms with Crippen LogP contribution < -0.4 is 24.3 Å². The highest BCUT2D eigenvalue weighted by molar-refractivity contribution is 5.99. The van der Waals surface area contributed by atoms with Crippen LogP contribution in [0.5, 0.6) is 23.0 Å². The SMILES string of the molecule is COc1ccc(-n2cc(-c3cccc(OC)c3)nc2NC(=O)CN(C(=O)c2ccc3c(c2)OCO3)C(C)C)cc1. The van der Waals surface area contributed by atoms with Crippen molar-refractivity contribution >= 4 is 17.8 Å². The van der Waals surface area contributed by atoms with Crippen molar-refractivity contribution in [3.8, 4) is 39.9 Å². The van der Waals surface area contributed by atoms with Crippen LogP contribution in [-0.2, 0) is 4.79 Å². The van der Waals surface area contributed by atoms with Gasteiger partial charge in [0.2, 0.25) is 18.6 Å². The van der Waals surface area contributed by atoms with Crippen LogP contribution in [0.2, 0.25) is 0 Å². The van der Waals surface area contributed by atoms with Crippen molar-refractivity contribution in [2.75, 3.05) is 32.9 Å². The number of methoxy groups -OCH3 is 2. The van der Waals surface area contributed by atoms with Crippen LogP contribution in [0.25, 0.3) is 16.9 Å². The van der Waals surface area contributed by atoms with E-state index in [0.29, 0.717) is 40.2 Å². The molecule has 206 valence electrons. The highest BCUT2D eigenvalue weighted by atomic mass is 16.7. The van der Waals surface area contributed by atoms with Gasteiger partial charge in [-0.1, -0.05) is 12.1 Å². The zero-order valence-corrected chi connectivity index (χ0v) is 22.7. The lowest BCUT2D eigenvalue weighted by molar-refractivity contribution is -0.117. The number of imidazole rings is 1. The van der Waals surface area contributed by atoms with E-state index < -0.39 is 0 Å². The molecule has 1 aromatic heterocycles. The van der Waals surface area contributed by atoms with Crippen molar-refractivity contribution in [2.24, 2.45) is 0 Å². The fraction of sp³-hybridized carbons (Fsp3) is 0.233. The number of hydrogen-bond acceptors (Lipinski definition) is 7. The van der Waals surface area contributed by atoms with E-state index in [1.54, 1.807) is 37.0 Å². The van der Waals surface area contributed by atoms with E-state index in [0.717, 1.165) is 11.3 Å². The van der Waals surface area contributed by atoms with Crippen molar-refractivity contribution < 1.29 is 28.5 Å². The largest absolute Gasteiger partial charge is 0.497 e. The van der Waals surface area contributed by atoms with Gasteiger partial charge >= 0.3 is 0 Å². The number of rotatable bonds is 9. The Bertz CT molecular complexity index is 1530. The summed E-state index contributed by atoms with van der Waals surface area (Å²) >= 11 is 0. The Hall–Kier alpha value is -4.99. The molecular weight excluding hydrogens is 512 g/mol. The Labute approximate surface area is 232 Å². The molecular formula is C30H30N4O6. The summed E-state index contributed by atoms with van der Waals surface area (Å²) in [5, 5.41) is 2.90. The number of benzene rings is 3. The maximum atomic E-state index is 13.4. The van der Waals surface area contributed by atoms with Gasteiger partial charge in [0.15, 0.2) is 11.5 Å². The van der Waals surface area contributed by atoms with Gasteiger partial charge in [-0.05, 0) is 68.4 Å². The highest BCUT2D eigenvalue weighted by Crippen LogP contribution is 2.33. The maximum Gasteiger partial charge on any atom is 0.254 e. The van der Waals surface area contributed by atoms with Gasteiger partial charge in [0.1, 0.15) is 18.0 Å². The number of anilines is 1. The molecule has 0 saturated heterocycles. The van der Waals surface area contributed by atoms with E-state index >= 15 is 0 Å². The van der Waals surface area contributed by atoms with E-state index in [1.807, 2.05) is 68.6 Å². The predicted octanol–water partition coefficient (Wildman–Crippen LogP) is 4.77. The van der Waals surface area contributed by atoms with Gasteiger partial charge in [-0.3, -0.25) is 19.5 Å². The Morgan fingerprint density at radius 1 is 0.975 bits per heavy atom. The molecule has 40 heavy (non-hydrogen) atoms. The minimum absolute atomic E-state index is 0.113. The molecule has 4 aromatic rings. The first-order valence-electron chi connectivity index (χ1n) is 12.7. The van der Waals surface area contributed by atoms with Crippen molar-refractivity contribution in [3.05, 3.63) is 78.5 Å². The van der Waals surface area contributed by atoms with Crippen LogP contribution in [0.3, 0.4) is 0 Å². The van der Waals surface area contributed by atoms with Crippen molar-refractivity contribution in [1.82, 2.24) is 14.5 Å². The molecule has 1 N–H and O–H groups in total. The van der Waals surface area contributed by atoms with Gasteiger partial charge in [0.05, 0.1) is 19.9 Å². The van der Waals surface area contributed by atoms with Crippen LogP contribution in [0, 0.1) is 0 Å². The molecule has 10 heteroatoms. The normalized spacial score (nSPS) is 11.8. The van der Waals surface area contributed by atoms with Crippen molar-refractivity contribution in [3.63, 3.8) is 0 Å². The summed E-state index contributed by atoms with van der Waals surface area (Å²) in [6.45, 7) is 3.66. The van der Waals surface area contributed by atoms with Gasteiger partial charge in [-0.2, -0.15) is 0 Å². The Morgan fingerprint density at radius 2 is 1.73 bits per heavy atom. The summed E-state index contributed by atoms with van der Waals surface area (Å²) < 4.78 is 23.2. The molecule has 2 heterocycles. The number of carbonyl (C=O) groups is 2. The maximum absolute atomic E-state index is 13.4. The van der Waals surface area contributed by atoms with Crippen LogP contribution in [-0.4, -0.2) is 59.9 Å². The average Bonchev–Trinajstić information content (AvgIpc) is 3.62. The fourth-order valence-corrected chi connectivity index (χ4v) is 4.33. The summed E-state index contributed by atoms with van der Waals surface area (Å²) in [6, 6.07) is 19.7. The van der Waals surface area contributed by atoms with Gasteiger partial charge < -0.3 is 23.8 Å². The number of carbonyl (C=O) groups excluding carboxylic acids is 2. The van der Waals surface area contributed by atoms with Crippen LogP contribution in [0.15, 0.2) is 72.9 Å². The second-order valence-electron chi connectivity index (χ2n) is 9.39. The van der Waals surface area contributed by atoms with Gasteiger partial charge in [-0.15, -0.1) is 0 Å². The van der Waals surface area contributed by atoms with E-state index in [-0.39, 0.29) is 31.2 Å². The summed E-state index contributed by atoms with van der Waals surface area (Å²) in [7, 11) is 3.20. The quantitative estimate of drug-likeness (QED) is 0.325. The van der Waals surface area contributed by atoms with Crippen molar-refractivity contribution in [2.45, 2.75) is 19.9 Å². The molecule has 10 nitrogen and oxygen atoms in total. The second-order valence-corrected chi connectivity index (χ2v) is 9.39. The molecule has 1 aliphatic heterocycles. The molecule has 0 atom stereocenters. The monoisotopic (exact) mass is 542 g/mol. The lowest BCUT2D eigenvalue weighted by Gasteiger charge is -2.26. The van der Waals surface area contributed by atoms with E-state index in [9.17, 15) is 9.59 Å². The molecule has 0 unspecified atom stereocenters. The Balaban J connectivity index is 1.42. The second kappa shape index (κ2) is 11.4. The van der Waals surface area contributed by atoms with Crippen molar-refractivity contribution in [1.29, 1.82) is 0 Å². The molecule has 2 amide bonds. The topological polar surface area (TPSA) is 104 Å². The molecule has 5 rings (SSSR count). The number of nitrogens with one attached hydrogen (secondary N) is 1. The van der Waals surface area contributed by atoms with Crippen LogP contribution >= 0.6 is 0 Å². The zero-order chi connectivity index (χ0) is 28.2. The third-order valence-corrected chi connectivity index (χ3v) is 6.49. The minimum atomic E-state index is -0.389. The van der Waals surface area contributed by atoms with Gasteiger partial charge in [0, 0.05) is 29.1 Å². The highest BCUT2D eigenvalue weighted by Gasteiger charge is 2.25. The minimum Gasteiger partial charge on any atom is -0.497 e. The molecule has 0 radical (unpaired) electrons. The van der Waals surface area contributed by atoms with E-state index in [4.69, 9.17) is 23.9 Å². The Kier molecular flexibility index (Phi) is 7.59. The fourth-order valence-electron chi connectivity index (χ4n) is 4.33. The number of ether oxygens (including phenoxy) is 4. The lowest BCUT2D eigenvalue weighted by atomic mass is 10.1. The first-order chi connectivity index (χ1) is 19.4. The molecule has 0 bridgehead atoms. The number of amides is 2. The summed E-state index contributed by atoms with van der Waals surface area (Å²) in [6.07, 6.45) is 1.84. The standard InChI is InChI=1S/C30H30N4O6/c1-19(2)33(29(36)21-8-13-26-27(15-21)40-18-39-26)17-28(35)32-30-31-25(20-6-5-7-24(14-20)38-4)16-34(30)22-9-11-23(37-3)12-10-22/h5-16,19H,17-18H2,1-4H3,(H,31,32,35). The smallest absolute Gasteiger partial charge is 0.254 e. The third-order valence-electron chi connectivity index (χ3n) is 6.49. The summed E-state index contributed by atoms with van der Waals surface area (Å²) in [4.78, 5) is 32.9. The number of aromatic nitrogens is 2. The van der Waals surface area contributed by atoms with Crippen LogP contribution in [0.4, 0.5) is 5.95 Å². The van der Waals surface area contributed by atoms with E-state index in [2.05, 4.69) is 5.32 Å². The number of hydrogen-bond donors (Lipinski definition) is 1. The average molecular weight is 543 g/mol.